The molecule has 12 heavy (non-hydrogen) atoms. The van der Waals surface area contributed by atoms with E-state index in [1.807, 2.05) is 0 Å². The van der Waals surface area contributed by atoms with Crippen molar-refractivity contribution in [3.8, 4) is 5.75 Å². The Morgan fingerprint density at radius 2 is 2.33 bits per heavy atom. The van der Waals surface area contributed by atoms with Crippen LogP contribution in [0.2, 0.25) is 0 Å². The summed E-state index contributed by atoms with van der Waals surface area (Å²) in [7, 11) is 0. The number of unbranched alkanes of at least 4 members (excludes halogenated alkanes) is 1. The molecule has 1 aromatic heterocycles. The van der Waals surface area contributed by atoms with Crippen LogP contribution in [0.3, 0.4) is 0 Å². The van der Waals surface area contributed by atoms with Crippen molar-refractivity contribution in [2.75, 3.05) is 11.9 Å². The summed E-state index contributed by atoms with van der Waals surface area (Å²) in [5.41, 5.74) is 0.850. The van der Waals surface area contributed by atoms with E-state index >= 15 is 0 Å². The molecule has 0 fully saturated rings. The maximum Gasteiger partial charge on any atom is 0.135 e. The minimum absolute atomic E-state index is 0.189. The topological polar surface area (TPSA) is 45.2 Å². The lowest BCUT2D eigenvalue weighted by molar-refractivity contribution is 0.473. The lowest BCUT2D eigenvalue weighted by Gasteiger charge is -2.03. The Labute approximate surface area is 72.5 Å². The summed E-state index contributed by atoms with van der Waals surface area (Å²) in [5, 5.41) is 12.2. The van der Waals surface area contributed by atoms with Gasteiger partial charge in [0.1, 0.15) is 5.75 Å². The first-order valence-electron chi connectivity index (χ1n) is 4.00. The highest BCUT2D eigenvalue weighted by molar-refractivity contribution is 5.44. The van der Waals surface area contributed by atoms with E-state index in [0.29, 0.717) is 0 Å². The Bertz CT molecular complexity index is 238. The average Bonchev–Trinajstić information content (AvgIpc) is 2.05. The average molecular weight is 165 g/mol. The summed E-state index contributed by atoms with van der Waals surface area (Å²) >= 11 is 0. The van der Waals surface area contributed by atoms with E-state index in [1.165, 1.54) is 6.20 Å². The molecule has 0 aliphatic rings. The van der Waals surface area contributed by atoms with Crippen molar-refractivity contribution >= 4 is 5.69 Å². The van der Waals surface area contributed by atoms with Gasteiger partial charge in [0.15, 0.2) is 0 Å². The second-order valence-corrected chi connectivity index (χ2v) is 2.57. The Morgan fingerprint density at radius 3 is 3.00 bits per heavy atom. The summed E-state index contributed by atoms with van der Waals surface area (Å²) in [6.45, 7) is 4.60. The predicted octanol–water partition coefficient (Wildman–Crippen LogP) is 1.81. The molecule has 65 valence electrons. The molecular weight excluding hydrogens is 152 g/mol. The van der Waals surface area contributed by atoms with Crippen LogP contribution in [0.5, 0.6) is 5.75 Å². The summed E-state index contributed by atoms with van der Waals surface area (Å²) < 4.78 is 0. The van der Waals surface area contributed by atoms with Gasteiger partial charge >= 0.3 is 0 Å². The molecule has 1 heterocycles. The molecule has 1 rings (SSSR count). The molecule has 2 N–H and O–H groups in total. The number of pyridine rings is 1. The van der Waals surface area contributed by atoms with Crippen LogP contribution in [0, 0.1) is 6.92 Å². The highest BCUT2D eigenvalue weighted by Gasteiger charge is 1.92. The van der Waals surface area contributed by atoms with Crippen molar-refractivity contribution in [2.24, 2.45) is 0 Å². The number of hydrogen-bond donors (Lipinski definition) is 2. The summed E-state index contributed by atoms with van der Waals surface area (Å²) in [6, 6.07) is 1.65. The maximum atomic E-state index is 9.05. The number of aromatic hydroxyl groups is 1. The standard InChI is InChI=1S/C9H13N2O/c1-2-3-4-11-8-5-9(12)7-10-6-8/h5-7,11-12H,1-4H2. The number of hydrogen-bond acceptors (Lipinski definition) is 3. The maximum absolute atomic E-state index is 9.05. The molecule has 0 unspecified atom stereocenters. The van der Waals surface area contributed by atoms with Crippen LogP contribution in [0.15, 0.2) is 18.5 Å². The van der Waals surface area contributed by atoms with E-state index in [0.717, 1.165) is 25.1 Å². The number of rotatable bonds is 4. The van der Waals surface area contributed by atoms with Gasteiger partial charge in [0.2, 0.25) is 0 Å². The zero-order valence-corrected chi connectivity index (χ0v) is 6.95. The third-order valence-corrected chi connectivity index (χ3v) is 1.48. The van der Waals surface area contributed by atoms with Crippen molar-refractivity contribution in [3.05, 3.63) is 25.4 Å². The van der Waals surface area contributed by atoms with Gasteiger partial charge in [-0.25, -0.2) is 0 Å². The SMILES string of the molecule is [CH2]CCCNc1cncc(O)c1. The van der Waals surface area contributed by atoms with Gasteiger partial charge in [-0.1, -0.05) is 13.3 Å². The van der Waals surface area contributed by atoms with Gasteiger partial charge in [0.05, 0.1) is 18.1 Å². The van der Waals surface area contributed by atoms with E-state index in [1.54, 1.807) is 12.3 Å². The quantitative estimate of drug-likeness (QED) is 0.669. The van der Waals surface area contributed by atoms with Gasteiger partial charge < -0.3 is 10.4 Å². The van der Waals surface area contributed by atoms with E-state index < -0.39 is 0 Å². The molecule has 0 aromatic carbocycles. The van der Waals surface area contributed by atoms with Crippen molar-refractivity contribution < 1.29 is 5.11 Å². The number of anilines is 1. The molecule has 0 amide bonds. The van der Waals surface area contributed by atoms with E-state index in [2.05, 4.69) is 17.2 Å². The molecule has 3 heteroatoms. The van der Waals surface area contributed by atoms with Crippen molar-refractivity contribution in [3.63, 3.8) is 0 Å². The van der Waals surface area contributed by atoms with Crippen molar-refractivity contribution in [1.29, 1.82) is 0 Å². The predicted molar refractivity (Wildman–Crippen MR) is 49.0 cm³/mol. The van der Waals surface area contributed by atoms with E-state index in [-0.39, 0.29) is 5.75 Å². The van der Waals surface area contributed by atoms with Gasteiger partial charge in [-0.15, -0.1) is 0 Å². The number of nitrogens with one attached hydrogen (secondary N) is 1. The highest BCUT2D eigenvalue weighted by atomic mass is 16.3. The zero-order chi connectivity index (χ0) is 8.81. The van der Waals surface area contributed by atoms with Crippen molar-refractivity contribution in [1.82, 2.24) is 4.98 Å². The van der Waals surface area contributed by atoms with E-state index in [9.17, 15) is 0 Å². The Hall–Kier alpha value is -1.25. The largest absolute Gasteiger partial charge is 0.506 e. The molecular formula is C9H13N2O. The zero-order valence-electron chi connectivity index (χ0n) is 6.95. The van der Waals surface area contributed by atoms with Crippen LogP contribution < -0.4 is 5.32 Å². The molecule has 1 aromatic rings. The Balaban J connectivity index is 2.41. The molecule has 0 bridgehead atoms. The van der Waals surface area contributed by atoms with Crippen LogP contribution in [0.4, 0.5) is 5.69 Å². The first-order valence-corrected chi connectivity index (χ1v) is 4.00. The fourth-order valence-corrected chi connectivity index (χ4v) is 0.882. The normalized spacial score (nSPS) is 9.75. The lowest BCUT2D eigenvalue weighted by Crippen LogP contribution is -2.00. The van der Waals surface area contributed by atoms with Crippen LogP contribution >= 0.6 is 0 Å². The minimum Gasteiger partial charge on any atom is -0.506 e. The van der Waals surface area contributed by atoms with Gasteiger partial charge in [-0.2, -0.15) is 0 Å². The second-order valence-electron chi connectivity index (χ2n) is 2.57. The van der Waals surface area contributed by atoms with Crippen LogP contribution in [-0.2, 0) is 0 Å². The first-order chi connectivity index (χ1) is 5.83. The summed E-state index contributed by atoms with van der Waals surface area (Å²) in [6.07, 6.45) is 5.03. The number of aromatic nitrogens is 1. The van der Waals surface area contributed by atoms with Crippen LogP contribution in [0.1, 0.15) is 12.8 Å². The molecule has 0 saturated carbocycles. The van der Waals surface area contributed by atoms with Gasteiger partial charge in [-0.05, 0) is 6.42 Å². The molecule has 0 aliphatic heterocycles. The molecule has 1 radical (unpaired) electrons. The smallest absolute Gasteiger partial charge is 0.135 e. The Kier molecular flexibility index (Phi) is 3.38. The van der Waals surface area contributed by atoms with Gasteiger partial charge in [0.25, 0.3) is 0 Å². The molecule has 0 atom stereocenters. The van der Waals surface area contributed by atoms with Gasteiger partial charge in [0, 0.05) is 12.6 Å². The number of nitrogens with zero attached hydrogens (tertiary/aromatic N) is 1. The van der Waals surface area contributed by atoms with Gasteiger partial charge in [-0.3, -0.25) is 4.98 Å². The molecule has 0 aliphatic carbocycles. The first kappa shape index (κ1) is 8.84. The van der Waals surface area contributed by atoms with Crippen LogP contribution in [-0.4, -0.2) is 16.6 Å². The minimum atomic E-state index is 0.189. The molecule has 0 spiro atoms. The Morgan fingerprint density at radius 1 is 1.50 bits per heavy atom. The molecule has 0 saturated heterocycles. The highest BCUT2D eigenvalue weighted by Crippen LogP contribution is 2.12. The fraction of sp³-hybridized carbons (Fsp3) is 0.333. The van der Waals surface area contributed by atoms with Crippen molar-refractivity contribution in [2.45, 2.75) is 12.8 Å². The van der Waals surface area contributed by atoms with E-state index in [4.69, 9.17) is 5.11 Å². The third kappa shape index (κ3) is 2.78. The lowest BCUT2D eigenvalue weighted by atomic mass is 10.3. The summed E-state index contributed by atoms with van der Waals surface area (Å²) in [5.74, 6) is 0.189. The monoisotopic (exact) mass is 165 g/mol. The third-order valence-electron chi connectivity index (χ3n) is 1.48. The van der Waals surface area contributed by atoms with Crippen LogP contribution in [0.25, 0.3) is 0 Å². The molecule has 3 nitrogen and oxygen atoms in total. The summed E-state index contributed by atoms with van der Waals surface area (Å²) in [4.78, 5) is 3.83. The second kappa shape index (κ2) is 4.59. The fourth-order valence-electron chi connectivity index (χ4n) is 0.882.